The molecule has 3 aromatic rings. The Hall–Kier alpha value is -3.11. The van der Waals surface area contributed by atoms with Gasteiger partial charge in [0.25, 0.3) is 0 Å². The maximum atomic E-state index is 12.7. The Morgan fingerprint density at radius 1 is 0.879 bits per heavy atom. The molecule has 4 rings (SSSR count). The van der Waals surface area contributed by atoms with E-state index in [-0.39, 0.29) is 5.82 Å². The van der Waals surface area contributed by atoms with Crippen LogP contribution in [0.4, 0.5) is 13.2 Å². The molecule has 0 aliphatic carbocycles. The van der Waals surface area contributed by atoms with Crippen LogP contribution in [0.15, 0.2) is 47.0 Å². The molecule has 0 saturated carbocycles. The topological polar surface area (TPSA) is 63.9 Å². The van der Waals surface area contributed by atoms with E-state index in [2.05, 4.69) is 19.9 Å². The number of halogens is 3. The quantitative estimate of drug-likeness (QED) is 0.524. The predicted octanol–water partition coefficient (Wildman–Crippen LogP) is 4.09. The molecule has 0 bridgehead atoms. The Bertz CT molecular complexity index is 1060. The minimum absolute atomic E-state index is 0.283. The molecular weight excluding hydrogens is 437 g/mol. The smallest absolute Gasteiger partial charge is 0.416 e. The van der Waals surface area contributed by atoms with Crippen molar-refractivity contribution in [1.29, 1.82) is 0 Å². The fourth-order valence-electron chi connectivity index (χ4n) is 3.78. The van der Waals surface area contributed by atoms with Crippen LogP contribution in [-0.2, 0) is 19.3 Å². The third-order valence-electron chi connectivity index (χ3n) is 5.62. The van der Waals surface area contributed by atoms with Gasteiger partial charge in [0.2, 0.25) is 11.7 Å². The molecule has 0 spiro atoms. The number of methoxy groups -OCH3 is 2. The number of ether oxygens (including phenoxy) is 2. The van der Waals surface area contributed by atoms with Gasteiger partial charge < -0.3 is 14.0 Å². The highest BCUT2D eigenvalue weighted by molar-refractivity contribution is 5.54. The van der Waals surface area contributed by atoms with E-state index < -0.39 is 11.7 Å². The summed E-state index contributed by atoms with van der Waals surface area (Å²) in [6, 6.07) is 10.7. The van der Waals surface area contributed by atoms with Gasteiger partial charge in [-0.25, -0.2) is 0 Å². The highest BCUT2D eigenvalue weighted by Gasteiger charge is 2.30. The molecule has 1 saturated heterocycles. The van der Waals surface area contributed by atoms with Crippen LogP contribution >= 0.6 is 0 Å². The monoisotopic (exact) mass is 462 g/mol. The van der Waals surface area contributed by atoms with Crippen molar-refractivity contribution in [3.63, 3.8) is 0 Å². The Labute approximate surface area is 189 Å². The van der Waals surface area contributed by atoms with Gasteiger partial charge in [0.15, 0.2) is 11.5 Å². The Morgan fingerprint density at radius 2 is 1.52 bits per heavy atom. The predicted molar refractivity (Wildman–Crippen MR) is 115 cm³/mol. The second-order valence-corrected chi connectivity index (χ2v) is 7.83. The average molecular weight is 462 g/mol. The molecule has 176 valence electrons. The molecule has 0 unspecified atom stereocenters. The van der Waals surface area contributed by atoms with Gasteiger partial charge in [0, 0.05) is 38.3 Å². The summed E-state index contributed by atoms with van der Waals surface area (Å²) >= 11 is 0. The number of hydrogen-bond donors (Lipinski definition) is 0. The molecule has 0 N–H and O–H groups in total. The molecule has 2 heterocycles. The first-order chi connectivity index (χ1) is 15.9. The number of nitrogens with zero attached hydrogens (tertiary/aromatic N) is 4. The average Bonchev–Trinajstić information content (AvgIpc) is 3.28. The third-order valence-corrected chi connectivity index (χ3v) is 5.62. The van der Waals surface area contributed by atoms with E-state index >= 15 is 0 Å². The van der Waals surface area contributed by atoms with Crippen molar-refractivity contribution in [2.24, 2.45) is 0 Å². The Balaban J connectivity index is 1.30. The first kappa shape index (κ1) is 23.1. The first-order valence-corrected chi connectivity index (χ1v) is 10.5. The van der Waals surface area contributed by atoms with Crippen LogP contribution in [0.2, 0.25) is 0 Å². The van der Waals surface area contributed by atoms with Gasteiger partial charge in [0.1, 0.15) is 0 Å². The zero-order valence-corrected chi connectivity index (χ0v) is 18.4. The fraction of sp³-hybridized carbons (Fsp3) is 0.391. The van der Waals surface area contributed by atoms with Gasteiger partial charge in [-0.2, -0.15) is 18.2 Å². The SMILES string of the molecule is COc1ccc(CN2CCN(Cc3nc(-c4ccc(C(F)(F)F)cc4)no3)CC2)cc1OC. The van der Waals surface area contributed by atoms with Crippen LogP contribution in [0.1, 0.15) is 17.0 Å². The molecule has 10 heteroatoms. The molecule has 2 aromatic carbocycles. The van der Waals surface area contributed by atoms with E-state index in [1.54, 1.807) is 14.2 Å². The molecule has 33 heavy (non-hydrogen) atoms. The van der Waals surface area contributed by atoms with Crippen molar-refractivity contribution in [3.8, 4) is 22.9 Å². The highest BCUT2D eigenvalue weighted by Crippen LogP contribution is 2.31. The van der Waals surface area contributed by atoms with Crippen molar-refractivity contribution >= 4 is 0 Å². The second kappa shape index (κ2) is 9.80. The van der Waals surface area contributed by atoms with Crippen LogP contribution in [0.25, 0.3) is 11.4 Å². The van der Waals surface area contributed by atoms with E-state index in [4.69, 9.17) is 14.0 Å². The lowest BCUT2D eigenvalue weighted by Crippen LogP contribution is -2.45. The number of aromatic nitrogens is 2. The molecule has 0 radical (unpaired) electrons. The number of piperazine rings is 1. The van der Waals surface area contributed by atoms with Crippen molar-refractivity contribution in [1.82, 2.24) is 19.9 Å². The Morgan fingerprint density at radius 3 is 2.12 bits per heavy atom. The minimum Gasteiger partial charge on any atom is -0.493 e. The minimum atomic E-state index is -4.37. The van der Waals surface area contributed by atoms with Crippen LogP contribution < -0.4 is 9.47 Å². The van der Waals surface area contributed by atoms with Crippen LogP contribution in [0.5, 0.6) is 11.5 Å². The molecule has 7 nitrogen and oxygen atoms in total. The summed E-state index contributed by atoms with van der Waals surface area (Å²) in [7, 11) is 3.24. The summed E-state index contributed by atoms with van der Waals surface area (Å²) in [5, 5.41) is 3.92. The maximum absolute atomic E-state index is 12.7. The summed E-state index contributed by atoms with van der Waals surface area (Å²) in [6.45, 7) is 4.75. The van der Waals surface area contributed by atoms with Gasteiger partial charge in [-0.1, -0.05) is 23.4 Å². The molecule has 1 aliphatic heterocycles. The second-order valence-electron chi connectivity index (χ2n) is 7.83. The lowest BCUT2D eigenvalue weighted by molar-refractivity contribution is -0.137. The summed E-state index contributed by atoms with van der Waals surface area (Å²) in [5.41, 5.74) is 0.929. The van der Waals surface area contributed by atoms with E-state index in [0.717, 1.165) is 50.4 Å². The maximum Gasteiger partial charge on any atom is 0.416 e. The standard InChI is InChI=1S/C23H25F3N4O3/c1-31-19-8-3-16(13-20(19)32-2)14-29-9-11-30(12-10-29)15-21-27-22(28-33-21)17-4-6-18(7-5-17)23(24,25)26/h3-8,13H,9-12,14-15H2,1-2H3. The largest absolute Gasteiger partial charge is 0.493 e. The molecule has 0 amide bonds. The lowest BCUT2D eigenvalue weighted by Gasteiger charge is -2.34. The van der Waals surface area contributed by atoms with E-state index in [9.17, 15) is 13.2 Å². The van der Waals surface area contributed by atoms with Gasteiger partial charge in [0.05, 0.1) is 26.3 Å². The normalized spacial score (nSPS) is 15.5. The van der Waals surface area contributed by atoms with Crippen LogP contribution in [-0.4, -0.2) is 60.3 Å². The van der Waals surface area contributed by atoms with Crippen molar-refractivity contribution in [2.45, 2.75) is 19.3 Å². The van der Waals surface area contributed by atoms with E-state index in [1.165, 1.54) is 12.1 Å². The van der Waals surface area contributed by atoms with E-state index in [1.807, 2.05) is 18.2 Å². The Kier molecular flexibility index (Phi) is 6.85. The van der Waals surface area contributed by atoms with Crippen molar-refractivity contribution in [2.75, 3.05) is 40.4 Å². The van der Waals surface area contributed by atoms with Crippen LogP contribution in [0.3, 0.4) is 0 Å². The van der Waals surface area contributed by atoms with Crippen molar-refractivity contribution in [3.05, 3.63) is 59.5 Å². The lowest BCUT2D eigenvalue weighted by atomic mass is 10.1. The molecule has 1 aliphatic rings. The summed E-state index contributed by atoms with van der Waals surface area (Å²) in [6.07, 6.45) is -4.37. The number of benzene rings is 2. The third kappa shape index (κ3) is 5.63. The summed E-state index contributed by atoms with van der Waals surface area (Å²) < 4.78 is 54.2. The fourth-order valence-corrected chi connectivity index (χ4v) is 3.78. The number of alkyl halides is 3. The summed E-state index contributed by atoms with van der Waals surface area (Å²) in [4.78, 5) is 8.93. The number of hydrogen-bond acceptors (Lipinski definition) is 7. The number of rotatable bonds is 7. The van der Waals surface area contributed by atoms with Gasteiger partial charge >= 0.3 is 6.18 Å². The van der Waals surface area contributed by atoms with Crippen molar-refractivity contribution < 1.29 is 27.2 Å². The zero-order valence-electron chi connectivity index (χ0n) is 18.4. The molecule has 1 fully saturated rings. The molecular formula is C23H25F3N4O3. The zero-order chi connectivity index (χ0) is 23.4. The van der Waals surface area contributed by atoms with Crippen LogP contribution in [0, 0.1) is 0 Å². The van der Waals surface area contributed by atoms with Gasteiger partial charge in [-0.05, 0) is 29.8 Å². The van der Waals surface area contributed by atoms with Gasteiger partial charge in [-0.3, -0.25) is 9.80 Å². The molecule has 1 aromatic heterocycles. The highest BCUT2D eigenvalue weighted by atomic mass is 19.4. The van der Waals surface area contributed by atoms with Gasteiger partial charge in [-0.15, -0.1) is 0 Å². The van der Waals surface area contributed by atoms with E-state index in [0.29, 0.717) is 29.5 Å². The first-order valence-electron chi connectivity index (χ1n) is 10.5. The summed E-state index contributed by atoms with van der Waals surface area (Å²) in [5.74, 6) is 2.15. The molecule has 0 atom stereocenters.